The zero-order valence-corrected chi connectivity index (χ0v) is 22.7. The van der Waals surface area contributed by atoms with Crippen LogP contribution in [0.5, 0.6) is 0 Å². The zero-order valence-electron chi connectivity index (χ0n) is 20.5. The number of halogens is 1. The van der Waals surface area contributed by atoms with Gasteiger partial charge in [0.25, 0.3) is 0 Å². The molecule has 0 bridgehead atoms. The summed E-state index contributed by atoms with van der Waals surface area (Å²) in [5.41, 5.74) is 10.2. The Labute approximate surface area is 219 Å². The predicted molar refractivity (Wildman–Crippen MR) is 160 cm³/mol. The van der Waals surface area contributed by atoms with Crippen LogP contribution in [-0.4, -0.2) is 23.4 Å². The van der Waals surface area contributed by atoms with E-state index in [-0.39, 0.29) is 12.1 Å². The molecule has 0 N–H and O–H groups in total. The Hall–Kier alpha value is -2.97. The van der Waals surface area contributed by atoms with Crippen molar-refractivity contribution in [2.75, 3.05) is 4.93 Å². The summed E-state index contributed by atoms with van der Waals surface area (Å²) >= 11 is 2.15. The number of hydrogen-bond acceptors (Lipinski definition) is 2. The minimum absolute atomic E-state index is 0.177. The van der Waals surface area contributed by atoms with E-state index in [1.165, 1.54) is 0 Å². The van der Waals surface area contributed by atoms with Gasteiger partial charge in [-0.05, 0) is 58.3 Å². The van der Waals surface area contributed by atoms with E-state index in [1.807, 2.05) is 73.7 Å². The molecule has 2 aliphatic rings. The van der Waals surface area contributed by atoms with E-state index in [9.17, 15) is 0 Å². The first-order valence-corrected chi connectivity index (χ1v) is 13.7. The molecule has 2 aliphatic carbocycles. The monoisotopic (exact) mass is 562 g/mol. The van der Waals surface area contributed by atoms with Crippen LogP contribution in [-0.2, 0) is 0 Å². The molecule has 0 aliphatic heterocycles. The van der Waals surface area contributed by atoms with E-state index in [0.29, 0.717) is 0 Å². The number of rotatable bonds is 9. The molecule has 1 aromatic rings. The van der Waals surface area contributed by atoms with Crippen molar-refractivity contribution in [2.45, 2.75) is 38.8 Å². The van der Waals surface area contributed by atoms with Crippen LogP contribution >= 0.6 is 22.6 Å². The van der Waals surface area contributed by atoms with E-state index in [2.05, 4.69) is 77.6 Å². The molecule has 0 aromatic heterocycles. The number of benzene rings is 1. The molecule has 2 nitrogen and oxygen atoms in total. The van der Waals surface area contributed by atoms with Gasteiger partial charge >= 0.3 is 0 Å². The second-order valence-corrected chi connectivity index (χ2v) is 6.91. The van der Waals surface area contributed by atoms with Gasteiger partial charge in [-0.3, -0.25) is 9.98 Å². The molecular formula is C31H35IN2. The fourth-order valence-corrected chi connectivity index (χ4v) is 3.26. The highest BCUT2D eigenvalue weighted by Gasteiger charge is 2.24. The molecule has 34 heavy (non-hydrogen) atoms. The lowest BCUT2D eigenvalue weighted by molar-refractivity contribution is 0.628. The molecule has 2 atom stereocenters. The molecule has 1 aromatic carbocycles. The van der Waals surface area contributed by atoms with Gasteiger partial charge in [0.1, 0.15) is 12.1 Å². The molecule has 0 unspecified atom stereocenters. The van der Waals surface area contributed by atoms with Gasteiger partial charge in [0.15, 0.2) is 0 Å². The molecule has 0 fully saturated rings. The number of alkyl halides is 1. The average molecular weight is 563 g/mol. The quantitative estimate of drug-likeness (QED) is 0.0946. The highest BCUT2D eigenvalue weighted by Crippen LogP contribution is 2.30. The van der Waals surface area contributed by atoms with Gasteiger partial charge in [0.05, 0.1) is 0 Å². The van der Waals surface area contributed by atoms with Crippen molar-refractivity contribution in [1.82, 2.24) is 0 Å². The van der Waals surface area contributed by atoms with E-state index < -0.39 is 0 Å². The summed E-state index contributed by atoms with van der Waals surface area (Å²) in [6, 6.07) is 9.90. The molecule has 3 rings (SSSR count). The molecule has 0 saturated heterocycles. The van der Waals surface area contributed by atoms with Crippen molar-refractivity contribution in [2.24, 2.45) is 9.98 Å². The van der Waals surface area contributed by atoms with E-state index in [1.54, 1.807) is 12.2 Å². The number of nitrogens with zero attached hydrogens (tertiary/aromatic N) is 2. The van der Waals surface area contributed by atoms with Crippen LogP contribution < -0.4 is 0 Å². The molecule has 0 amide bonds. The maximum Gasteiger partial charge on any atom is 0.102 e. The number of hydrogen-bond donors (Lipinski definition) is 0. The summed E-state index contributed by atoms with van der Waals surface area (Å²) in [7, 11) is 0. The normalized spacial score (nSPS) is 16.1. The van der Waals surface area contributed by atoms with Crippen LogP contribution in [0.1, 0.15) is 38.3 Å². The fourth-order valence-electron chi connectivity index (χ4n) is 3.26. The largest absolute Gasteiger partial charge is 0.282 e. The molecule has 176 valence electrons. The van der Waals surface area contributed by atoms with Gasteiger partial charge < -0.3 is 0 Å². The maximum absolute atomic E-state index is 5.00. The van der Waals surface area contributed by atoms with E-state index in [4.69, 9.17) is 9.98 Å². The summed E-state index contributed by atoms with van der Waals surface area (Å²) in [4.78, 5) is 11.9. The smallest absolute Gasteiger partial charge is 0.102 e. The maximum atomic E-state index is 5.00. The van der Waals surface area contributed by atoms with Gasteiger partial charge in [-0.1, -0.05) is 128 Å². The second kappa shape index (κ2) is 18.5. The highest BCUT2D eigenvalue weighted by molar-refractivity contribution is 14.1. The Balaban J connectivity index is 0.00000137. The van der Waals surface area contributed by atoms with Crippen LogP contribution in [0.4, 0.5) is 0 Å². The number of allylic oxidation sites excluding steroid dienone is 10. The average Bonchev–Trinajstić information content (AvgIpc) is 2.93. The van der Waals surface area contributed by atoms with Crippen molar-refractivity contribution in [3.63, 3.8) is 0 Å². The van der Waals surface area contributed by atoms with Gasteiger partial charge in [0, 0.05) is 12.4 Å². The minimum Gasteiger partial charge on any atom is -0.282 e. The van der Waals surface area contributed by atoms with Crippen molar-refractivity contribution in [3.8, 4) is 0 Å². The van der Waals surface area contributed by atoms with Gasteiger partial charge in [-0.25, -0.2) is 0 Å². The predicted octanol–water partition coefficient (Wildman–Crippen LogP) is 8.70. The summed E-state index contributed by atoms with van der Waals surface area (Å²) < 4.78 is 0. The van der Waals surface area contributed by atoms with Crippen LogP contribution in [0.3, 0.4) is 0 Å². The summed E-state index contributed by atoms with van der Waals surface area (Å²) in [5, 5.41) is 0. The van der Waals surface area contributed by atoms with Crippen LogP contribution in [0.15, 0.2) is 136 Å². The van der Waals surface area contributed by atoms with Gasteiger partial charge in [0.2, 0.25) is 0 Å². The first kappa shape index (κ1) is 29.1. The first-order valence-electron chi connectivity index (χ1n) is 11.5. The summed E-state index contributed by atoms with van der Waals surface area (Å²) in [5.74, 6) is 0. The van der Waals surface area contributed by atoms with E-state index >= 15 is 0 Å². The van der Waals surface area contributed by atoms with Crippen molar-refractivity contribution in [3.05, 3.63) is 132 Å². The highest BCUT2D eigenvalue weighted by atomic mass is 127. The van der Waals surface area contributed by atoms with Crippen LogP contribution in [0.2, 0.25) is 0 Å². The second-order valence-electron chi connectivity index (χ2n) is 6.91. The Morgan fingerprint density at radius 2 is 1.79 bits per heavy atom. The lowest BCUT2D eigenvalue weighted by Crippen LogP contribution is -2.18. The Morgan fingerprint density at radius 1 is 1.03 bits per heavy atom. The molecule has 0 saturated carbocycles. The molecule has 0 spiro atoms. The Kier molecular flexibility index (Phi) is 15.8. The van der Waals surface area contributed by atoms with Crippen molar-refractivity contribution in [1.29, 1.82) is 0 Å². The lowest BCUT2D eigenvalue weighted by atomic mass is 9.92. The fraction of sp³-hybridized carbons (Fsp3) is 0.226. The zero-order chi connectivity index (χ0) is 25.0. The van der Waals surface area contributed by atoms with Crippen molar-refractivity contribution >= 4 is 35.0 Å². The summed E-state index contributed by atoms with van der Waals surface area (Å²) in [6.07, 6.45) is 23.7. The lowest BCUT2D eigenvalue weighted by Gasteiger charge is -2.23. The third-order valence-electron chi connectivity index (χ3n) is 4.80. The molecule has 0 radical (unpaired) electrons. The molecule has 3 heteroatoms. The standard InChI is InChI=1S/C28H26N2.C2H6.CH3I/c1-3-14-23(4-2)21-29-27(25-17-10-6-11-18-25)28(26-19-12-7-13-20-26)30-22-24-15-8-5-9-16-24;2*1-2/h3-4,7-8,10,12-22,27-28H,1-2,5,9H2;1-2H3;1H3/b23-14+,29-21?,30-22?;;/t27-,28-;;/m0../s1. The van der Waals surface area contributed by atoms with Gasteiger partial charge in [-0.15, -0.1) is 0 Å². The summed E-state index contributed by atoms with van der Waals surface area (Å²) in [6.45, 7) is 11.6. The van der Waals surface area contributed by atoms with Crippen molar-refractivity contribution < 1.29 is 0 Å². The SMILES string of the molecule is C=C/C=C(\C=C)C=N[C@@H](C1=CC=C=C=C1)[C@@H](N=CC1=CCCC=C1)c1ccccc1.CC.CI. The Morgan fingerprint density at radius 3 is 2.38 bits per heavy atom. The first-order chi connectivity index (χ1) is 16.8. The topological polar surface area (TPSA) is 24.7 Å². The van der Waals surface area contributed by atoms with E-state index in [0.717, 1.165) is 35.1 Å². The minimum atomic E-state index is -0.212. The molecule has 0 heterocycles. The molecular weight excluding hydrogens is 527 g/mol. The van der Waals surface area contributed by atoms with Gasteiger partial charge in [-0.2, -0.15) is 0 Å². The van der Waals surface area contributed by atoms with Crippen LogP contribution in [0.25, 0.3) is 0 Å². The Bertz CT molecular complexity index is 1050. The third-order valence-corrected chi connectivity index (χ3v) is 4.80. The van der Waals surface area contributed by atoms with Crippen LogP contribution in [0, 0.1) is 0 Å². The third kappa shape index (κ3) is 9.89. The number of aliphatic imine (C=N–C) groups is 2.